The van der Waals surface area contributed by atoms with Crippen molar-refractivity contribution in [2.24, 2.45) is 51.2 Å². The van der Waals surface area contributed by atoms with E-state index in [1.807, 2.05) is 24.3 Å². The molecule has 6 heteroatoms. The van der Waals surface area contributed by atoms with Crippen LogP contribution in [-0.2, 0) is 14.3 Å². The van der Waals surface area contributed by atoms with Crippen LogP contribution in [0, 0.1) is 51.2 Å². The molecule has 4 N–H and O–H groups in total. The maximum atomic E-state index is 14.6. The number of ketones is 2. The van der Waals surface area contributed by atoms with Gasteiger partial charge in [0.25, 0.3) is 0 Å². The third-order valence-corrected chi connectivity index (χ3v) is 18.5. The summed E-state index contributed by atoms with van der Waals surface area (Å²) in [5.74, 6) is 2.57. The van der Waals surface area contributed by atoms with E-state index in [0.29, 0.717) is 48.2 Å². The molecule has 1 aliphatic heterocycles. The van der Waals surface area contributed by atoms with Gasteiger partial charge in [0.2, 0.25) is 0 Å². The Kier molecular flexibility index (Phi) is 9.14. The molecule has 1 unspecified atom stereocenters. The minimum Gasteiger partial charge on any atom is -0.508 e. The number of nitrogens with two attached hydrogens (primary N) is 1. The van der Waals surface area contributed by atoms with Crippen molar-refractivity contribution in [1.82, 2.24) is 0 Å². The van der Waals surface area contributed by atoms with Crippen molar-refractivity contribution >= 4 is 17.3 Å². The molecule has 302 valence electrons. The lowest BCUT2D eigenvalue weighted by Crippen LogP contribution is -2.66. The van der Waals surface area contributed by atoms with Crippen LogP contribution in [0.2, 0.25) is 0 Å². The van der Waals surface area contributed by atoms with E-state index in [-0.39, 0.29) is 51.3 Å². The minimum absolute atomic E-state index is 0.00345. The number of carbonyl (C=O) groups is 2. The number of nitrogen functional groups attached to an aromatic ring is 1. The van der Waals surface area contributed by atoms with Gasteiger partial charge in [-0.2, -0.15) is 0 Å². The van der Waals surface area contributed by atoms with E-state index in [1.165, 1.54) is 36.8 Å². The van der Waals surface area contributed by atoms with E-state index in [0.717, 1.165) is 68.2 Å². The number of phenols is 1. The molecule has 2 aromatic carbocycles. The molecule has 0 amide bonds. The van der Waals surface area contributed by atoms with Crippen molar-refractivity contribution in [3.8, 4) is 5.75 Å². The van der Waals surface area contributed by atoms with Gasteiger partial charge < -0.3 is 20.7 Å². The molecule has 56 heavy (non-hydrogen) atoms. The third-order valence-electron chi connectivity index (χ3n) is 18.5. The molecule has 0 radical (unpaired) electrons. The second-order valence-electron chi connectivity index (χ2n) is 21.2. The van der Waals surface area contributed by atoms with Crippen molar-refractivity contribution in [3.63, 3.8) is 0 Å². The number of Topliss-reactive ketones (excluding diaryl/α,β-unsaturated/α-hetero) is 2. The van der Waals surface area contributed by atoms with Crippen LogP contribution in [0.4, 0.5) is 5.69 Å². The second-order valence-corrected chi connectivity index (χ2v) is 21.2. The Morgan fingerprint density at radius 2 is 1.61 bits per heavy atom. The summed E-state index contributed by atoms with van der Waals surface area (Å²) in [5.41, 5.74) is 10.4. The molecular formula is C50H67NO5. The van der Waals surface area contributed by atoms with Crippen LogP contribution in [0.25, 0.3) is 0 Å². The van der Waals surface area contributed by atoms with Crippen LogP contribution < -0.4 is 5.73 Å². The van der Waals surface area contributed by atoms with E-state index in [1.54, 1.807) is 6.07 Å². The first-order chi connectivity index (χ1) is 26.6. The number of rotatable bonds is 8. The molecule has 2 aromatic rings. The fourth-order valence-electron chi connectivity index (χ4n) is 15.8. The van der Waals surface area contributed by atoms with Crippen LogP contribution >= 0.6 is 0 Å². The zero-order valence-corrected chi connectivity index (χ0v) is 34.9. The SMILES string of the molecule is C[C@H](C[C@@H](O)[C@@H]1O[C@]1(C)[C@H]1CCC[C@H]1c1cccc(N)c1)C1=C2CC[C@H]3[C@]4(C5CCCC5)C[C@H](c5cccc(O)c5)C(=O)C(C)(C)C4CC[C@]3(C)[C@@]2(C)CC1=O. The first-order valence-corrected chi connectivity index (χ1v) is 22.4. The van der Waals surface area contributed by atoms with Gasteiger partial charge in [-0.3, -0.25) is 9.59 Å². The fourth-order valence-corrected chi connectivity index (χ4v) is 15.8. The van der Waals surface area contributed by atoms with Crippen LogP contribution in [0.5, 0.6) is 5.75 Å². The molecule has 7 aliphatic rings. The van der Waals surface area contributed by atoms with Gasteiger partial charge in [0.05, 0.1) is 11.7 Å². The van der Waals surface area contributed by atoms with Crippen molar-refractivity contribution in [2.75, 3.05) is 5.73 Å². The number of aliphatic hydroxyl groups excluding tert-OH is 1. The number of allylic oxidation sites excluding steroid dienone is 2. The first-order valence-electron chi connectivity index (χ1n) is 22.4. The van der Waals surface area contributed by atoms with Crippen LogP contribution in [0.3, 0.4) is 0 Å². The normalized spacial score (nSPS) is 41.6. The largest absolute Gasteiger partial charge is 0.508 e. The lowest BCUT2D eigenvalue weighted by Gasteiger charge is -2.71. The molecule has 1 saturated heterocycles. The number of anilines is 1. The van der Waals surface area contributed by atoms with Crippen LogP contribution in [-0.4, -0.2) is 39.6 Å². The quantitative estimate of drug-likeness (QED) is 0.182. The van der Waals surface area contributed by atoms with Gasteiger partial charge in [-0.25, -0.2) is 0 Å². The standard InChI is InChI=1S/C50H67NO5/c1-29(24-39(53)45-49(6,56-45)37-19-11-18-35(37)30-12-9-16-33(51)25-30)43-38-20-21-42-47(4,48(38,5)28-40(43)54)23-22-41-46(2,3)44(55)36(31-13-10-17-34(52)26-31)27-50(41,42)32-14-7-8-15-32/h9-10,12-13,16-17,25-26,29,32,35-37,39,41-42,45,52-53H,7-8,11,14-15,18-24,27-28,51H2,1-6H3/t29-,35+,36-,37+,39-,41?,42-,45+,47+,48+,49-,50+/m1/s1. The number of hydrogen-bond acceptors (Lipinski definition) is 6. The predicted octanol–water partition coefficient (Wildman–Crippen LogP) is 10.5. The molecule has 5 saturated carbocycles. The molecule has 12 atom stereocenters. The Hall–Kier alpha value is -2.96. The first kappa shape index (κ1) is 38.6. The van der Waals surface area contributed by atoms with E-state index in [2.05, 4.69) is 59.7 Å². The predicted molar refractivity (Wildman–Crippen MR) is 221 cm³/mol. The smallest absolute Gasteiger partial charge is 0.159 e. The summed E-state index contributed by atoms with van der Waals surface area (Å²) in [4.78, 5) is 29.1. The van der Waals surface area contributed by atoms with Crippen molar-refractivity contribution in [2.45, 2.75) is 161 Å². The van der Waals surface area contributed by atoms with Gasteiger partial charge in [0.15, 0.2) is 5.78 Å². The third kappa shape index (κ3) is 5.46. The number of ether oxygens (including phenoxy) is 1. The number of hydrogen-bond donors (Lipinski definition) is 3. The number of phenolic OH excluding ortho intramolecular Hbond substituents is 1. The summed E-state index contributed by atoms with van der Waals surface area (Å²) in [5, 5.41) is 22.4. The highest BCUT2D eigenvalue weighted by Crippen LogP contribution is 2.77. The Bertz CT molecular complexity index is 1940. The fraction of sp³-hybridized carbons (Fsp3) is 0.680. The summed E-state index contributed by atoms with van der Waals surface area (Å²) in [6, 6.07) is 15.8. The molecular weight excluding hydrogens is 695 g/mol. The average molecular weight is 762 g/mol. The van der Waals surface area contributed by atoms with Crippen molar-refractivity contribution in [3.05, 3.63) is 70.8 Å². The molecule has 1 heterocycles. The molecule has 6 aliphatic carbocycles. The second kappa shape index (κ2) is 13.3. The number of aromatic hydroxyl groups is 1. The Balaban J connectivity index is 1.01. The zero-order chi connectivity index (χ0) is 39.6. The van der Waals surface area contributed by atoms with Crippen LogP contribution in [0.15, 0.2) is 59.7 Å². The number of aliphatic hydroxyl groups is 1. The van der Waals surface area contributed by atoms with Gasteiger partial charge in [-0.05, 0) is 158 Å². The summed E-state index contributed by atoms with van der Waals surface area (Å²) in [7, 11) is 0. The van der Waals surface area contributed by atoms with E-state index < -0.39 is 11.5 Å². The Morgan fingerprint density at radius 1 is 0.875 bits per heavy atom. The lowest BCUT2D eigenvalue weighted by molar-refractivity contribution is -0.207. The van der Waals surface area contributed by atoms with Gasteiger partial charge in [0, 0.05) is 28.9 Å². The molecule has 0 spiro atoms. The number of carbonyl (C=O) groups excluding carboxylic acids is 2. The maximum Gasteiger partial charge on any atom is 0.159 e. The number of epoxide rings is 1. The zero-order valence-electron chi connectivity index (χ0n) is 34.9. The van der Waals surface area contributed by atoms with Crippen LogP contribution in [0.1, 0.15) is 154 Å². The summed E-state index contributed by atoms with van der Waals surface area (Å²) >= 11 is 0. The molecule has 9 rings (SSSR count). The van der Waals surface area contributed by atoms with Crippen molar-refractivity contribution < 1.29 is 24.5 Å². The van der Waals surface area contributed by atoms with Gasteiger partial charge >= 0.3 is 0 Å². The van der Waals surface area contributed by atoms with Gasteiger partial charge in [-0.15, -0.1) is 0 Å². The monoisotopic (exact) mass is 762 g/mol. The summed E-state index contributed by atoms with van der Waals surface area (Å²) in [6.07, 6.45) is 13.4. The summed E-state index contributed by atoms with van der Waals surface area (Å²) in [6.45, 7) is 13.8. The van der Waals surface area contributed by atoms with E-state index in [4.69, 9.17) is 10.5 Å². The van der Waals surface area contributed by atoms with E-state index in [9.17, 15) is 19.8 Å². The lowest BCUT2D eigenvalue weighted by atomic mass is 9.33. The topological polar surface area (TPSA) is 113 Å². The van der Waals surface area contributed by atoms with Gasteiger partial charge in [-0.1, -0.05) is 83.7 Å². The average Bonchev–Trinajstić information content (AvgIpc) is 3.58. The number of fused-ring (bicyclic) bond motifs is 5. The highest BCUT2D eigenvalue weighted by atomic mass is 16.6. The summed E-state index contributed by atoms with van der Waals surface area (Å²) < 4.78 is 6.50. The van der Waals surface area contributed by atoms with Gasteiger partial charge in [0.1, 0.15) is 17.6 Å². The highest BCUT2D eigenvalue weighted by Gasteiger charge is 2.72. The molecule has 0 bridgehead atoms. The Labute approximate surface area is 335 Å². The van der Waals surface area contributed by atoms with Crippen molar-refractivity contribution in [1.29, 1.82) is 0 Å². The Morgan fingerprint density at radius 3 is 2.34 bits per heavy atom. The molecule has 0 aromatic heterocycles. The highest BCUT2D eigenvalue weighted by molar-refractivity contribution is 6.00. The minimum atomic E-state index is -0.630. The molecule has 6 fully saturated rings. The van der Waals surface area contributed by atoms with E-state index >= 15 is 0 Å². The maximum absolute atomic E-state index is 14.6. The number of benzene rings is 2. The molecule has 6 nitrogen and oxygen atoms in total.